The molecule has 6 heteroatoms. The molecule has 1 aromatic rings. The van der Waals surface area contributed by atoms with E-state index in [1.54, 1.807) is 16.6 Å². The molecule has 1 aliphatic rings. The zero-order chi connectivity index (χ0) is 16.4. The summed E-state index contributed by atoms with van der Waals surface area (Å²) in [6.07, 6.45) is 4.66. The molecule has 22 heavy (non-hydrogen) atoms. The number of carbonyl (C=O) groups is 2. The number of aromatic nitrogens is 2. The van der Waals surface area contributed by atoms with Crippen molar-refractivity contribution in [2.24, 2.45) is 18.9 Å². The van der Waals surface area contributed by atoms with E-state index in [1.807, 2.05) is 33.0 Å². The minimum atomic E-state index is -0.898. The van der Waals surface area contributed by atoms with E-state index in [4.69, 9.17) is 0 Å². The SMILES string of the molecule is Cc1nn(C)c(C)c1CN(C)C(=O)[C@@H]1CC=CC[C@@H]1C(=O)O. The third-order valence-corrected chi connectivity index (χ3v) is 4.50. The summed E-state index contributed by atoms with van der Waals surface area (Å²) in [7, 11) is 3.60. The van der Waals surface area contributed by atoms with Gasteiger partial charge in [0, 0.05) is 31.9 Å². The van der Waals surface area contributed by atoms with Crippen molar-refractivity contribution in [3.05, 3.63) is 29.1 Å². The van der Waals surface area contributed by atoms with Crippen LogP contribution in [-0.2, 0) is 23.2 Å². The van der Waals surface area contributed by atoms with E-state index in [-0.39, 0.29) is 5.91 Å². The number of carboxylic acids is 1. The Bertz CT molecular complexity index is 618. The van der Waals surface area contributed by atoms with E-state index in [1.165, 1.54) is 0 Å². The van der Waals surface area contributed by atoms with Crippen LogP contribution in [0.2, 0.25) is 0 Å². The minimum Gasteiger partial charge on any atom is -0.481 e. The van der Waals surface area contributed by atoms with Crippen molar-refractivity contribution >= 4 is 11.9 Å². The highest BCUT2D eigenvalue weighted by atomic mass is 16.4. The molecular formula is C16H23N3O3. The fraction of sp³-hybridized carbons (Fsp3) is 0.562. The van der Waals surface area contributed by atoms with E-state index in [2.05, 4.69) is 5.10 Å². The Labute approximate surface area is 130 Å². The molecule has 1 aromatic heterocycles. The van der Waals surface area contributed by atoms with Crippen molar-refractivity contribution in [2.45, 2.75) is 33.2 Å². The highest BCUT2D eigenvalue weighted by Crippen LogP contribution is 2.28. The monoisotopic (exact) mass is 305 g/mol. The molecule has 120 valence electrons. The minimum absolute atomic E-state index is 0.112. The molecule has 0 aromatic carbocycles. The van der Waals surface area contributed by atoms with E-state index in [0.29, 0.717) is 19.4 Å². The molecule has 0 saturated carbocycles. The molecule has 2 atom stereocenters. The predicted molar refractivity (Wildman–Crippen MR) is 82.1 cm³/mol. The summed E-state index contributed by atoms with van der Waals surface area (Å²) in [5.41, 5.74) is 2.95. The average Bonchev–Trinajstić information content (AvgIpc) is 2.72. The first kappa shape index (κ1) is 16.3. The lowest BCUT2D eigenvalue weighted by Crippen LogP contribution is -2.39. The lowest BCUT2D eigenvalue weighted by atomic mass is 9.82. The smallest absolute Gasteiger partial charge is 0.307 e. The standard InChI is InChI=1S/C16H23N3O3/c1-10-14(11(2)19(4)17-10)9-18(3)15(20)12-7-5-6-8-13(12)16(21)22/h5-6,12-13H,7-9H2,1-4H3,(H,21,22)/t12-,13+/m1/s1. The van der Waals surface area contributed by atoms with Gasteiger partial charge in [-0.05, 0) is 26.7 Å². The molecule has 0 aliphatic heterocycles. The van der Waals surface area contributed by atoms with Crippen LogP contribution in [0.5, 0.6) is 0 Å². The number of aryl methyl sites for hydroxylation is 2. The Morgan fingerprint density at radius 1 is 1.32 bits per heavy atom. The lowest BCUT2D eigenvalue weighted by molar-refractivity contribution is -0.150. The van der Waals surface area contributed by atoms with Crippen LogP contribution in [0, 0.1) is 25.7 Å². The molecule has 0 bridgehead atoms. The van der Waals surface area contributed by atoms with Crippen LogP contribution in [0.15, 0.2) is 12.2 Å². The Morgan fingerprint density at radius 3 is 2.41 bits per heavy atom. The van der Waals surface area contributed by atoms with Gasteiger partial charge in [-0.3, -0.25) is 14.3 Å². The van der Waals surface area contributed by atoms with Crippen LogP contribution in [0.25, 0.3) is 0 Å². The number of carbonyl (C=O) groups excluding carboxylic acids is 1. The van der Waals surface area contributed by atoms with E-state index in [0.717, 1.165) is 17.0 Å². The van der Waals surface area contributed by atoms with Crippen molar-refractivity contribution in [3.63, 3.8) is 0 Å². The maximum absolute atomic E-state index is 12.6. The number of nitrogens with zero attached hydrogens (tertiary/aromatic N) is 3. The van der Waals surface area contributed by atoms with Gasteiger partial charge in [0.2, 0.25) is 5.91 Å². The normalized spacial score (nSPS) is 20.9. The van der Waals surface area contributed by atoms with E-state index < -0.39 is 17.8 Å². The molecule has 1 N–H and O–H groups in total. The summed E-state index contributed by atoms with van der Waals surface area (Å²) < 4.78 is 1.80. The molecule has 2 rings (SSSR count). The number of allylic oxidation sites excluding steroid dienone is 2. The van der Waals surface area contributed by atoms with Gasteiger partial charge in [-0.25, -0.2) is 0 Å². The molecule has 1 aliphatic carbocycles. The molecule has 0 spiro atoms. The predicted octanol–water partition coefficient (Wildman–Crippen LogP) is 1.66. The quantitative estimate of drug-likeness (QED) is 0.858. The largest absolute Gasteiger partial charge is 0.481 e. The third-order valence-electron chi connectivity index (χ3n) is 4.50. The topological polar surface area (TPSA) is 75.4 Å². The summed E-state index contributed by atoms with van der Waals surface area (Å²) in [5.74, 6) is -2.12. The number of hydrogen-bond donors (Lipinski definition) is 1. The van der Waals surface area contributed by atoms with Gasteiger partial charge in [0.05, 0.1) is 17.5 Å². The van der Waals surface area contributed by atoms with Crippen molar-refractivity contribution < 1.29 is 14.7 Å². The zero-order valence-electron chi connectivity index (χ0n) is 13.5. The molecular weight excluding hydrogens is 282 g/mol. The van der Waals surface area contributed by atoms with Crippen molar-refractivity contribution in [1.29, 1.82) is 0 Å². The molecule has 1 heterocycles. The first-order chi connectivity index (χ1) is 10.3. The summed E-state index contributed by atoms with van der Waals surface area (Å²) in [6.45, 7) is 4.35. The second-order valence-electron chi connectivity index (χ2n) is 5.96. The fourth-order valence-corrected chi connectivity index (χ4v) is 3.00. The molecule has 0 radical (unpaired) electrons. The Hall–Kier alpha value is -2.11. The maximum Gasteiger partial charge on any atom is 0.307 e. The maximum atomic E-state index is 12.6. The van der Waals surface area contributed by atoms with Gasteiger partial charge in [0.1, 0.15) is 0 Å². The van der Waals surface area contributed by atoms with Crippen LogP contribution in [-0.4, -0.2) is 38.7 Å². The van der Waals surface area contributed by atoms with Gasteiger partial charge in [0.25, 0.3) is 0 Å². The number of rotatable bonds is 4. The van der Waals surface area contributed by atoms with Gasteiger partial charge >= 0.3 is 5.97 Å². The van der Waals surface area contributed by atoms with Gasteiger partial charge in [-0.2, -0.15) is 5.10 Å². The first-order valence-electron chi connectivity index (χ1n) is 7.44. The number of hydrogen-bond acceptors (Lipinski definition) is 3. The first-order valence-corrected chi connectivity index (χ1v) is 7.44. The zero-order valence-corrected chi connectivity index (χ0v) is 13.5. The molecule has 0 saturated heterocycles. The second kappa shape index (κ2) is 6.34. The third kappa shape index (κ3) is 3.05. The van der Waals surface area contributed by atoms with Crippen LogP contribution < -0.4 is 0 Å². The lowest BCUT2D eigenvalue weighted by Gasteiger charge is -2.28. The van der Waals surface area contributed by atoms with Crippen LogP contribution in [0.3, 0.4) is 0 Å². The van der Waals surface area contributed by atoms with Gasteiger partial charge < -0.3 is 10.0 Å². The number of aliphatic carboxylic acids is 1. The summed E-state index contributed by atoms with van der Waals surface area (Å²) in [6, 6.07) is 0. The van der Waals surface area contributed by atoms with Crippen molar-refractivity contribution in [3.8, 4) is 0 Å². The fourth-order valence-electron chi connectivity index (χ4n) is 3.00. The van der Waals surface area contributed by atoms with Crippen molar-refractivity contribution in [1.82, 2.24) is 14.7 Å². The summed E-state index contributed by atoms with van der Waals surface area (Å²) >= 11 is 0. The van der Waals surface area contributed by atoms with E-state index >= 15 is 0 Å². The highest BCUT2D eigenvalue weighted by Gasteiger charge is 2.35. The second-order valence-corrected chi connectivity index (χ2v) is 5.96. The van der Waals surface area contributed by atoms with Crippen LogP contribution in [0.4, 0.5) is 0 Å². The average molecular weight is 305 g/mol. The number of carboxylic acid groups (broad SMARTS) is 1. The van der Waals surface area contributed by atoms with Crippen molar-refractivity contribution in [2.75, 3.05) is 7.05 Å². The highest BCUT2D eigenvalue weighted by molar-refractivity contribution is 5.85. The van der Waals surface area contributed by atoms with Gasteiger partial charge in [-0.1, -0.05) is 12.2 Å². The Morgan fingerprint density at radius 2 is 1.91 bits per heavy atom. The molecule has 6 nitrogen and oxygen atoms in total. The van der Waals surface area contributed by atoms with E-state index in [9.17, 15) is 14.7 Å². The van der Waals surface area contributed by atoms with Crippen LogP contribution >= 0.6 is 0 Å². The molecule has 0 fully saturated rings. The summed E-state index contributed by atoms with van der Waals surface area (Å²) in [4.78, 5) is 25.6. The molecule has 1 amide bonds. The number of amides is 1. The summed E-state index contributed by atoms with van der Waals surface area (Å²) in [5, 5.41) is 13.7. The Balaban J connectivity index is 2.14. The van der Waals surface area contributed by atoms with Crippen LogP contribution in [0.1, 0.15) is 29.8 Å². The molecule has 0 unspecified atom stereocenters. The van der Waals surface area contributed by atoms with Gasteiger partial charge in [-0.15, -0.1) is 0 Å². The van der Waals surface area contributed by atoms with Gasteiger partial charge in [0.15, 0.2) is 0 Å². The Kier molecular flexibility index (Phi) is 4.68.